The van der Waals surface area contributed by atoms with Gasteiger partial charge in [0.15, 0.2) is 5.90 Å². The normalized spacial score (nSPS) is 35.7. The Kier molecular flexibility index (Phi) is 4.63. The molecule has 0 saturated heterocycles. The first kappa shape index (κ1) is 19.4. The van der Waals surface area contributed by atoms with Crippen LogP contribution in [-0.2, 0) is 17.8 Å². The van der Waals surface area contributed by atoms with Crippen LogP contribution >= 0.6 is 0 Å². The van der Waals surface area contributed by atoms with E-state index in [0.717, 1.165) is 29.9 Å². The summed E-state index contributed by atoms with van der Waals surface area (Å²) < 4.78 is 12.2. The van der Waals surface area contributed by atoms with Gasteiger partial charge in [-0.05, 0) is 84.1 Å². The summed E-state index contributed by atoms with van der Waals surface area (Å²) in [6.07, 6.45) is 7.78. The van der Waals surface area contributed by atoms with Crippen molar-refractivity contribution in [1.82, 2.24) is 0 Å². The zero-order valence-corrected chi connectivity index (χ0v) is 18.7. The van der Waals surface area contributed by atoms with Gasteiger partial charge in [-0.3, -0.25) is 4.99 Å². The largest absolute Gasteiger partial charge is 0.489 e. The van der Waals surface area contributed by atoms with Crippen LogP contribution in [0.5, 0.6) is 5.75 Å². The molecule has 3 aliphatic carbocycles. The first-order chi connectivity index (χ1) is 15.1. The smallest absolute Gasteiger partial charge is 0.180 e. The van der Waals surface area contributed by atoms with Crippen molar-refractivity contribution < 1.29 is 9.47 Å². The highest BCUT2D eigenvalue weighted by atomic mass is 16.5. The lowest BCUT2D eigenvalue weighted by atomic mass is 9.49. The van der Waals surface area contributed by atoms with Crippen molar-refractivity contribution in [2.75, 3.05) is 0 Å². The maximum Gasteiger partial charge on any atom is 0.180 e. The van der Waals surface area contributed by atoms with Crippen molar-refractivity contribution in [3.05, 3.63) is 65.2 Å². The minimum Gasteiger partial charge on any atom is -0.489 e. The molecule has 2 bridgehead atoms. The highest BCUT2D eigenvalue weighted by Crippen LogP contribution is 2.61. The van der Waals surface area contributed by atoms with Gasteiger partial charge in [0.05, 0.1) is 6.04 Å². The minimum atomic E-state index is 0.346. The second-order valence-corrected chi connectivity index (χ2v) is 10.5. The van der Waals surface area contributed by atoms with Crippen LogP contribution in [0.15, 0.2) is 53.5 Å². The molecule has 2 aromatic rings. The van der Waals surface area contributed by atoms with Gasteiger partial charge in [-0.25, -0.2) is 0 Å². The van der Waals surface area contributed by atoms with E-state index in [1.807, 2.05) is 13.0 Å². The fourth-order valence-electron chi connectivity index (χ4n) is 7.28. The van der Waals surface area contributed by atoms with E-state index in [0.29, 0.717) is 30.1 Å². The molecule has 4 aliphatic rings. The molecule has 31 heavy (non-hydrogen) atoms. The van der Waals surface area contributed by atoms with Gasteiger partial charge < -0.3 is 9.47 Å². The molecule has 0 aromatic heterocycles. The molecule has 2 fully saturated rings. The van der Waals surface area contributed by atoms with Crippen LogP contribution in [0.1, 0.15) is 68.6 Å². The molecule has 162 valence electrons. The Morgan fingerprint density at radius 1 is 1.10 bits per heavy atom. The molecule has 1 heterocycles. The number of nitrogens with zero attached hydrogens (tertiary/aromatic N) is 1. The third kappa shape index (κ3) is 3.28. The number of fused-ring (bicyclic) bond motifs is 8. The van der Waals surface area contributed by atoms with E-state index in [4.69, 9.17) is 14.5 Å². The van der Waals surface area contributed by atoms with Crippen LogP contribution in [0.4, 0.5) is 0 Å². The molecule has 0 spiro atoms. The Bertz CT molecular complexity index is 999. The summed E-state index contributed by atoms with van der Waals surface area (Å²) in [7, 11) is 0. The third-order valence-corrected chi connectivity index (χ3v) is 8.82. The first-order valence-electron chi connectivity index (χ1n) is 12.1. The predicted octanol–water partition coefficient (Wildman–Crippen LogP) is 6.31. The summed E-state index contributed by atoms with van der Waals surface area (Å²) in [6, 6.07) is 17.8. The molecule has 0 amide bonds. The third-order valence-electron chi connectivity index (χ3n) is 8.82. The van der Waals surface area contributed by atoms with Crippen molar-refractivity contribution in [2.45, 2.75) is 77.0 Å². The fourth-order valence-corrected chi connectivity index (χ4v) is 7.28. The number of rotatable bonds is 3. The van der Waals surface area contributed by atoms with Gasteiger partial charge in [0.1, 0.15) is 18.5 Å². The highest BCUT2D eigenvalue weighted by Gasteiger charge is 2.56. The van der Waals surface area contributed by atoms with Gasteiger partial charge in [0.2, 0.25) is 0 Å². The molecule has 3 nitrogen and oxygen atoms in total. The van der Waals surface area contributed by atoms with Gasteiger partial charge >= 0.3 is 0 Å². The first-order valence-corrected chi connectivity index (χ1v) is 12.1. The quantitative estimate of drug-likeness (QED) is 0.588. The molecular weight excluding hydrogens is 382 g/mol. The molecule has 2 saturated carbocycles. The average Bonchev–Trinajstić information content (AvgIpc) is 2.79. The van der Waals surface area contributed by atoms with Gasteiger partial charge in [-0.1, -0.05) is 43.3 Å². The fraction of sp³-hybridized carbons (Fsp3) is 0.536. The van der Waals surface area contributed by atoms with Crippen molar-refractivity contribution in [2.24, 2.45) is 22.2 Å². The monoisotopic (exact) mass is 415 g/mol. The maximum atomic E-state index is 6.13. The van der Waals surface area contributed by atoms with Gasteiger partial charge in [-0.15, -0.1) is 0 Å². The topological polar surface area (TPSA) is 30.8 Å². The summed E-state index contributed by atoms with van der Waals surface area (Å²) in [6.45, 7) is 5.21. The number of hydrogen-bond donors (Lipinski definition) is 0. The zero-order chi connectivity index (χ0) is 21.0. The van der Waals surface area contributed by atoms with E-state index in [9.17, 15) is 0 Å². The van der Waals surface area contributed by atoms with Crippen LogP contribution < -0.4 is 4.74 Å². The number of aryl methyl sites for hydroxylation is 1. The van der Waals surface area contributed by atoms with Crippen molar-refractivity contribution in [3.8, 4) is 5.75 Å². The highest BCUT2D eigenvalue weighted by molar-refractivity contribution is 5.74. The Labute approximate surface area is 185 Å². The van der Waals surface area contributed by atoms with Gasteiger partial charge in [0, 0.05) is 13.3 Å². The van der Waals surface area contributed by atoms with Crippen molar-refractivity contribution in [1.29, 1.82) is 0 Å². The number of aliphatic imine (C=N–C) groups is 1. The van der Waals surface area contributed by atoms with E-state index in [1.165, 1.54) is 43.2 Å². The lowest BCUT2D eigenvalue weighted by Crippen LogP contribution is -2.55. The van der Waals surface area contributed by atoms with Gasteiger partial charge in [-0.2, -0.15) is 0 Å². The lowest BCUT2D eigenvalue weighted by Gasteiger charge is -2.58. The molecular formula is C28H33NO2. The lowest BCUT2D eigenvalue weighted by molar-refractivity contribution is -0.0715. The minimum absolute atomic E-state index is 0.346. The summed E-state index contributed by atoms with van der Waals surface area (Å²) in [4.78, 5) is 4.98. The molecule has 0 radical (unpaired) electrons. The molecule has 3 heteroatoms. The second-order valence-electron chi connectivity index (χ2n) is 10.5. The SMILES string of the molecule is CC1=NC2CC(C[C@H]3[C@@H]4CCc5cc(OCc6ccccc6)ccc5[C@H]4CC[C@]23C)O1. The van der Waals surface area contributed by atoms with Crippen LogP contribution in [0.2, 0.25) is 0 Å². The molecule has 0 N–H and O–H groups in total. The summed E-state index contributed by atoms with van der Waals surface area (Å²) in [5, 5.41) is 0. The molecule has 2 aromatic carbocycles. The summed E-state index contributed by atoms with van der Waals surface area (Å²) in [5.74, 6) is 4.11. The Hall–Kier alpha value is -2.29. The Morgan fingerprint density at radius 3 is 2.84 bits per heavy atom. The second kappa shape index (κ2) is 7.39. The molecule has 2 unspecified atom stereocenters. The van der Waals surface area contributed by atoms with Crippen LogP contribution in [-0.4, -0.2) is 18.0 Å². The van der Waals surface area contributed by atoms with E-state index in [-0.39, 0.29) is 0 Å². The van der Waals surface area contributed by atoms with Gasteiger partial charge in [0.25, 0.3) is 0 Å². The van der Waals surface area contributed by atoms with Crippen LogP contribution in [0.3, 0.4) is 0 Å². The van der Waals surface area contributed by atoms with Crippen molar-refractivity contribution in [3.63, 3.8) is 0 Å². The predicted molar refractivity (Wildman–Crippen MR) is 124 cm³/mol. The van der Waals surface area contributed by atoms with E-state index in [2.05, 4.69) is 49.4 Å². The Balaban J connectivity index is 1.23. The summed E-state index contributed by atoms with van der Waals surface area (Å²) >= 11 is 0. The number of ether oxygens (including phenoxy) is 2. The van der Waals surface area contributed by atoms with E-state index in [1.54, 1.807) is 5.56 Å². The molecule has 6 atom stereocenters. The van der Waals surface area contributed by atoms with E-state index < -0.39 is 0 Å². The zero-order valence-electron chi connectivity index (χ0n) is 18.7. The standard InChI is InChI=1S/C28H33NO2/c1-18-29-27-16-22(31-18)15-26-25-10-8-20-14-21(30-17-19-6-4-3-5-7-19)9-11-23(20)24(25)12-13-28(26,27)2/h3-7,9,11,14,22,24-27H,8,10,12-13,15-17H2,1-2H3/t22?,24-,25-,26+,27?,28+/m1/s1. The number of hydrogen-bond acceptors (Lipinski definition) is 3. The van der Waals surface area contributed by atoms with Crippen molar-refractivity contribution >= 4 is 5.90 Å². The molecule has 1 aliphatic heterocycles. The van der Waals surface area contributed by atoms with Crippen LogP contribution in [0, 0.1) is 17.3 Å². The maximum absolute atomic E-state index is 6.13. The summed E-state index contributed by atoms with van der Waals surface area (Å²) in [5.41, 5.74) is 4.66. The molecule has 6 rings (SSSR count). The van der Waals surface area contributed by atoms with E-state index >= 15 is 0 Å². The average molecular weight is 416 g/mol. The number of benzene rings is 2. The van der Waals surface area contributed by atoms with Crippen LogP contribution in [0.25, 0.3) is 0 Å². The Morgan fingerprint density at radius 2 is 1.97 bits per heavy atom.